The lowest BCUT2D eigenvalue weighted by molar-refractivity contribution is -0.139. The Bertz CT molecular complexity index is 743. The molecule has 6 unspecified atom stereocenters. The largest absolute Gasteiger partial charge is 0.278 e. The Morgan fingerprint density at radius 3 is 2.06 bits per heavy atom. The maximum absolute atomic E-state index is 13.8. The van der Waals surface area contributed by atoms with E-state index in [1.54, 1.807) is 6.08 Å². The maximum atomic E-state index is 13.8. The van der Waals surface area contributed by atoms with Crippen LogP contribution in [0.3, 0.4) is 0 Å². The number of unbranched alkanes of at least 4 members (excludes halogenated alkanes) is 2. The summed E-state index contributed by atoms with van der Waals surface area (Å²) < 4.78 is 0. The smallest absolute Gasteiger partial charge is 0.233 e. The molecule has 0 spiro atoms. The van der Waals surface area contributed by atoms with Crippen LogP contribution < -0.4 is 0 Å². The zero-order chi connectivity index (χ0) is 24.4. The van der Waals surface area contributed by atoms with Gasteiger partial charge >= 0.3 is 0 Å². The molecule has 0 N–H and O–H groups in total. The van der Waals surface area contributed by atoms with Gasteiger partial charge in [0.1, 0.15) is 0 Å². The Hall–Kier alpha value is -1.90. The van der Waals surface area contributed by atoms with Crippen molar-refractivity contribution in [2.75, 3.05) is 6.54 Å². The summed E-state index contributed by atoms with van der Waals surface area (Å²) in [5.74, 6) is 0.863. The van der Waals surface area contributed by atoms with Gasteiger partial charge in [-0.25, -0.2) is 0 Å². The minimum atomic E-state index is -0.211. The summed E-state index contributed by atoms with van der Waals surface area (Å²) in [6, 6.07) is 10.7. The van der Waals surface area contributed by atoms with Crippen LogP contribution in [0.25, 0.3) is 0 Å². The molecule has 0 bridgehead atoms. The summed E-state index contributed by atoms with van der Waals surface area (Å²) in [6.07, 6.45) is 10.4. The lowest BCUT2D eigenvalue weighted by Crippen LogP contribution is -2.37. The fourth-order valence-corrected chi connectivity index (χ4v) is 6.11. The summed E-state index contributed by atoms with van der Waals surface area (Å²) in [6.45, 7) is 15.3. The first-order chi connectivity index (χ1) is 15.9. The summed E-state index contributed by atoms with van der Waals surface area (Å²) in [4.78, 5) is 28.9. The maximum Gasteiger partial charge on any atom is 0.233 e. The summed E-state index contributed by atoms with van der Waals surface area (Å²) in [7, 11) is 0. The molecule has 1 heterocycles. The van der Waals surface area contributed by atoms with E-state index in [2.05, 4.69) is 71.5 Å². The molecule has 3 nitrogen and oxygen atoms in total. The van der Waals surface area contributed by atoms with Crippen molar-refractivity contribution in [2.24, 2.45) is 29.6 Å². The van der Waals surface area contributed by atoms with Gasteiger partial charge in [0.05, 0.1) is 11.8 Å². The van der Waals surface area contributed by atoms with Crippen LogP contribution >= 0.6 is 0 Å². The van der Waals surface area contributed by atoms with Crippen LogP contribution in [-0.2, 0) is 9.59 Å². The Balaban J connectivity index is 2.50. The quantitative estimate of drug-likeness (QED) is 0.202. The van der Waals surface area contributed by atoms with E-state index in [1.165, 1.54) is 10.5 Å². The molecule has 2 rings (SSSR count). The van der Waals surface area contributed by atoms with E-state index in [1.807, 2.05) is 0 Å². The highest BCUT2D eigenvalue weighted by molar-refractivity contribution is 6.05. The molecule has 184 valence electrons. The van der Waals surface area contributed by atoms with Gasteiger partial charge in [0.2, 0.25) is 11.8 Å². The molecule has 1 aliphatic heterocycles. The number of rotatable bonds is 15. The van der Waals surface area contributed by atoms with Crippen molar-refractivity contribution in [1.29, 1.82) is 0 Å². The monoisotopic (exact) mass is 453 g/mol. The zero-order valence-electron chi connectivity index (χ0n) is 21.8. The van der Waals surface area contributed by atoms with Crippen LogP contribution in [0.5, 0.6) is 0 Å². The number of benzene rings is 1. The highest BCUT2D eigenvalue weighted by atomic mass is 16.2. The van der Waals surface area contributed by atoms with Crippen LogP contribution in [0.15, 0.2) is 43.0 Å². The van der Waals surface area contributed by atoms with Crippen LogP contribution in [0.1, 0.15) is 97.5 Å². The lowest BCUT2D eigenvalue weighted by atomic mass is 9.64. The molecular weight excluding hydrogens is 406 g/mol. The molecule has 1 aliphatic rings. The number of nitrogens with zero attached hydrogens (tertiary/aromatic N) is 1. The molecule has 1 aromatic rings. The second-order valence-electron chi connectivity index (χ2n) is 10.2. The second-order valence-corrected chi connectivity index (χ2v) is 10.2. The van der Waals surface area contributed by atoms with Crippen molar-refractivity contribution in [3.8, 4) is 0 Å². The first kappa shape index (κ1) is 27.3. The average molecular weight is 454 g/mol. The van der Waals surface area contributed by atoms with Crippen molar-refractivity contribution < 1.29 is 9.59 Å². The molecule has 0 aliphatic carbocycles. The van der Waals surface area contributed by atoms with Gasteiger partial charge in [-0.2, -0.15) is 0 Å². The van der Waals surface area contributed by atoms with Gasteiger partial charge in [0.25, 0.3) is 0 Å². The number of hydrogen-bond donors (Lipinski definition) is 0. The van der Waals surface area contributed by atoms with E-state index in [4.69, 9.17) is 0 Å². The summed E-state index contributed by atoms with van der Waals surface area (Å²) in [5, 5.41) is 0. The number of carbonyl (C=O) groups is 2. The Kier molecular flexibility index (Phi) is 11.4. The number of amides is 2. The molecule has 1 fully saturated rings. The normalized spacial score (nSPS) is 22.3. The minimum Gasteiger partial charge on any atom is -0.278 e. The van der Waals surface area contributed by atoms with E-state index >= 15 is 0 Å². The minimum absolute atomic E-state index is 0.0382. The molecule has 0 aromatic heterocycles. The van der Waals surface area contributed by atoms with Gasteiger partial charge in [-0.1, -0.05) is 103 Å². The number of imide groups is 1. The summed E-state index contributed by atoms with van der Waals surface area (Å²) in [5.41, 5.74) is 1.34. The lowest BCUT2D eigenvalue weighted by Gasteiger charge is -2.38. The molecule has 2 amide bonds. The van der Waals surface area contributed by atoms with Crippen LogP contribution in [0.4, 0.5) is 0 Å². The fraction of sp³-hybridized carbons (Fsp3) is 0.667. The second kappa shape index (κ2) is 13.7. The fourth-order valence-electron chi connectivity index (χ4n) is 6.11. The molecule has 33 heavy (non-hydrogen) atoms. The van der Waals surface area contributed by atoms with Crippen LogP contribution in [0.2, 0.25) is 0 Å². The van der Waals surface area contributed by atoms with E-state index in [0.717, 1.165) is 51.4 Å². The van der Waals surface area contributed by atoms with Crippen molar-refractivity contribution in [1.82, 2.24) is 4.90 Å². The van der Waals surface area contributed by atoms with E-state index in [0.29, 0.717) is 18.4 Å². The Morgan fingerprint density at radius 2 is 1.48 bits per heavy atom. The first-order valence-corrected chi connectivity index (χ1v) is 13.4. The van der Waals surface area contributed by atoms with Gasteiger partial charge in [0, 0.05) is 6.54 Å². The third-order valence-electron chi connectivity index (χ3n) is 7.92. The zero-order valence-corrected chi connectivity index (χ0v) is 21.8. The SMILES string of the molecule is C=CCN1C(=O)C(C(C)CCCC)C(C(CCC)C(CCCC)C(C)c2ccccc2)C1=O. The molecule has 1 aromatic carbocycles. The van der Waals surface area contributed by atoms with Gasteiger partial charge in [-0.15, -0.1) is 6.58 Å². The molecule has 0 saturated carbocycles. The number of likely N-dealkylation sites (tertiary alicyclic amines) is 1. The number of carbonyl (C=O) groups excluding carboxylic acids is 2. The van der Waals surface area contributed by atoms with Crippen molar-refractivity contribution in [2.45, 2.75) is 91.9 Å². The Morgan fingerprint density at radius 1 is 0.879 bits per heavy atom. The van der Waals surface area contributed by atoms with Crippen molar-refractivity contribution in [3.05, 3.63) is 48.6 Å². The van der Waals surface area contributed by atoms with Crippen LogP contribution in [-0.4, -0.2) is 23.3 Å². The van der Waals surface area contributed by atoms with Gasteiger partial charge in [-0.05, 0) is 48.5 Å². The van der Waals surface area contributed by atoms with Gasteiger partial charge < -0.3 is 0 Å². The molecule has 0 radical (unpaired) electrons. The van der Waals surface area contributed by atoms with Gasteiger partial charge in [0.15, 0.2) is 0 Å². The average Bonchev–Trinajstić information content (AvgIpc) is 3.07. The third-order valence-corrected chi connectivity index (χ3v) is 7.92. The van der Waals surface area contributed by atoms with Gasteiger partial charge in [-0.3, -0.25) is 14.5 Å². The molecule has 6 atom stereocenters. The highest BCUT2D eigenvalue weighted by Gasteiger charge is 2.53. The molecule has 1 saturated heterocycles. The van der Waals surface area contributed by atoms with Crippen LogP contribution in [0, 0.1) is 29.6 Å². The topological polar surface area (TPSA) is 37.4 Å². The first-order valence-electron chi connectivity index (χ1n) is 13.4. The van der Waals surface area contributed by atoms with Crippen molar-refractivity contribution >= 4 is 11.8 Å². The highest BCUT2D eigenvalue weighted by Crippen LogP contribution is 2.47. The molecular formula is C30H47NO2. The van der Waals surface area contributed by atoms with E-state index in [9.17, 15) is 9.59 Å². The summed E-state index contributed by atoms with van der Waals surface area (Å²) >= 11 is 0. The Labute approximate surface area is 203 Å². The van der Waals surface area contributed by atoms with E-state index in [-0.39, 0.29) is 35.5 Å². The molecule has 3 heteroatoms. The van der Waals surface area contributed by atoms with E-state index < -0.39 is 0 Å². The number of hydrogen-bond acceptors (Lipinski definition) is 2. The predicted octanol–water partition coefficient (Wildman–Crippen LogP) is 7.63. The van der Waals surface area contributed by atoms with Crippen molar-refractivity contribution in [3.63, 3.8) is 0 Å². The standard InChI is InChI=1S/C30H47NO2/c1-7-11-17-22(5)27-28(30(33)31(21-10-4)29(27)32)26(16-9-3)25(20-12-8-2)23(6)24-18-14-13-15-19-24/h10,13-15,18-19,22-23,25-28H,4,7-9,11-12,16-17,20-21H2,1-3,5-6H3. The third kappa shape index (κ3) is 6.58. The predicted molar refractivity (Wildman–Crippen MR) is 139 cm³/mol.